The van der Waals surface area contributed by atoms with Crippen LogP contribution in [-0.2, 0) is 4.79 Å². The number of aromatic nitrogens is 2. The van der Waals surface area contributed by atoms with Crippen LogP contribution in [0.1, 0.15) is 12.8 Å². The maximum Gasteiger partial charge on any atom is 0.231 e. The van der Waals surface area contributed by atoms with Gasteiger partial charge >= 0.3 is 0 Å². The first-order valence-electron chi connectivity index (χ1n) is 5.26. The summed E-state index contributed by atoms with van der Waals surface area (Å²) in [6.07, 6.45) is 3.44. The van der Waals surface area contributed by atoms with Crippen LogP contribution in [0.2, 0.25) is 5.15 Å². The van der Waals surface area contributed by atoms with E-state index in [4.69, 9.17) is 11.6 Å². The average molecular weight is 241 g/mol. The molecule has 2 heterocycles. The van der Waals surface area contributed by atoms with E-state index in [-0.39, 0.29) is 17.8 Å². The first-order chi connectivity index (χ1) is 7.75. The quantitative estimate of drug-likeness (QED) is 0.759. The normalized spacial score (nSPS) is 20.4. The van der Waals surface area contributed by atoms with Crippen LogP contribution in [0, 0.1) is 5.92 Å². The molecule has 6 heteroatoms. The lowest BCUT2D eigenvalue weighted by Crippen LogP contribution is -2.37. The Morgan fingerprint density at radius 1 is 1.62 bits per heavy atom. The summed E-state index contributed by atoms with van der Waals surface area (Å²) in [6.45, 7) is 1.70. The summed E-state index contributed by atoms with van der Waals surface area (Å²) in [4.78, 5) is 19.6. The standard InChI is InChI=1S/C10H13ClN4O/c11-8-3-5-13-10(14-8)15-9(16)7-2-1-4-12-6-7/h3,5,7,12H,1-2,4,6H2,(H,13,14,15,16)/t7-/m1/s1. The molecule has 5 nitrogen and oxygen atoms in total. The molecule has 1 saturated heterocycles. The lowest BCUT2D eigenvalue weighted by molar-refractivity contribution is -0.120. The Labute approximate surface area is 98.6 Å². The molecule has 1 aliphatic heterocycles. The van der Waals surface area contributed by atoms with Crippen LogP contribution in [0.15, 0.2) is 12.3 Å². The molecule has 1 fully saturated rings. The molecule has 0 aromatic carbocycles. The molecular weight excluding hydrogens is 228 g/mol. The Bertz CT molecular complexity index is 379. The van der Waals surface area contributed by atoms with E-state index in [0.29, 0.717) is 11.7 Å². The van der Waals surface area contributed by atoms with E-state index in [1.54, 1.807) is 6.07 Å². The zero-order valence-corrected chi connectivity index (χ0v) is 9.50. The molecule has 0 bridgehead atoms. The monoisotopic (exact) mass is 240 g/mol. The third-order valence-electron chi connectivity index (χ3n) is 2.52. The van der Waals surface area contributed by atoms with E-state index in [0.717, 1.165) is 19.4 Å². The molecule has 0 radical (unpaired) electrons. The van der Waals surface area contributed by atoms with Gasteiger partial charge in [0.15, 0.2) is 0 Å². The highest BCUT2D eigenvalue weighted by atomic mass is 35.5. The number of nitrogens with zero attached hydrogens (tertiary/aromatic N) is 2. The van der Waals surface area contributed by atoms with E-state index in [1.807, 2.05) is 0 Å². The predicted octanol–water partition coefficient (Wildman–Crippen LogP) is 1.07. The molecule has 0 unspecified atom stereocenters. The van der Waals surface area contributed by atoms with Crippen molar-refractivity contribution < 1.29 is 4.79 Å². The first kappa shape index (κ1) is 11.3. The van der Waals surface area contributed by atoms with Crippen molar-refractivity contribution in [2.24, 2.45) is 5.92 Å². The van der Waals surface area contributed by atoms with Crippen molar-refractivity contribution in [3.05, 3.63) is 17.4 Å². The molecule has 1 aromatic heterocycles. The molecule has 0 spiro atoms. The Hall–Kier alpha value is -1.20. The molecule has 2 rings (SSSR count). The minimum Gasteiger partial charge on any atom is -0.316 e. The van der Waals surface area contributed by atoms with Gasteiger partial charge in [0, 0.05) is 12.7 Å². The van der Waals surface area contributed by atoms with Crippen LogP contribution in [0.3, 0.4) is 0 Å². The maximum atomic E-state index is 11.8. The van der Waals surface area contributed by atoms with Gasteiger partial charge < -0.3 is 5.32 Å². The van der Waals surface area contributed by atoms with Gasteiger partial charge in [-0.3, -0.25) is 10.1 Å². The minimum atomic E-state index is -0.0468. The Kier molecular flexibility index (Phi) is 3.69. The van der Waals surface area contributed by atoms with Crippen molar-refractivity contribution in [2.45, 2.75) is 12.8 Å². The van der Waals surface area contributed by atoms with Gasteiger partial charge in [-0.05, 0) is 25.5 Å². The SMILES string of the molecule is O=C(Nc1nccc(Cl)n1)[C@@H]1CCCNC1. The van der Waals surface area contributed by atoms with Crippen molar-refractivity contribution in [3.63, 3.8) is 0 Å². The number of anilines is 1. The highest BCUT2D eigenvalue weighted by Crippen LogP contribution is 2.12. The van der Waals surface area contributed by atoms with Gasteiger partial charge in [0.1, 0.15) is 5.15 Å². The lowest BCUT2D eigenvalue weighted by atomic mass is 9.99. The van der Waals surface area contributed by atoms with Gasteiger partial charge in [-0.15, -0.1) is 0 Å². The Balaban J connectivity index is 1.96. The third kappa shape index (κ3) is 2.90. The molecule has 1 atom stereocenters. The molecule has 1 aromatic rings. The number of hydrogen-bond donors (Lipinski definition) is 2. The van der Waals surface area contributed by atoms with Gasteiger partial charge in [0.05, 0.1) is 5.92 Å². The first-order valence-corrected chi connectivity index (χ1v) is 5.63. The average Bonchev–Trinajstić information content (AvgIpc) is 2.30. The van der Waals surface area contributed by atoms with Crippen molar-refractivity contribution >= 4 is 23.5 Å². The van der Waals surface area contributed by atoms with Crippen molar-refractivity contribution in [1.82, 2.24) is 15.3 Å². The predicted molar refractivity (Wildman–Crippen MR) is 61.3 cm³/mol. The highest BCUT2D eigenvalue weighted by Gasteiger charge is 2.21. The summed E-state index contributed by atoms with van der Waals surface area (Å²) < 4.78 is 0. The Morgan fingerprint density at radius 3 is 3.19 bits per heavy atom. The fraction of sp³-hybridized carbons (Fsp3) is 0.500. The third-order valence-corrected chi connectivity index (χ3v) is 2.73. The summed E-state index contributed by atoms with van der Waals surface area (Å²) in [5, 5.41) is 6.18. The maximum absolute atomic E-state index is 11.8. The number of hydrogen-bond acceptors (Lipinski definition) is 4. The van der Waals surface area contributed by atoms with E-state index in [2.05, 4.69) is 20.6 Å². The van der Waals surface area contributed by atoms with Gasteiger partial charge in [-0.1, -0.05) is 11.6 Å². The van der Waals surface area contributed by atoms with Crippen LogP contribution in [0.25, 0.3) is 0 Å². The largest absolute Gasteiger partial charge is 0.316 e. The summed E-state index contributed by atoms with van der Waals surface area (Å²) >= 11 is 5.70. The minimum absolute atomic E-state index is 0.00340. The molecule has 2 N–H and O–H groups in total. The van der Waals surface area contributed by atoms with Crippen LogP contribution < -0.4 is 10.6 Å². The summed E-state index contributed by atoms with van der Waals surface area (Å²) in [5.74, 6) is 0.217. The molecule has 86 valence electrons. The zero-order chi connectivity index (χ0) is 11.4. The number of amides is 1. The molecular formula is C10H13ClN4O. The fourth-order valence-electron chi connectivity index (χ4n) is 1.68. The smallest absolute Gasteiger partial charge is 0.231 e. The van der Waals surface area contributed by atoms with Crippen LogP contribution in [0.4, 0.5) is 5.95 Å². The second-order valence-corrected chi connectivity index (χ2v) is 4.12. The zero-order valence-electron chi connectivity index (χ0n) is 8.74. The molecule has 0 saturated carbocycles. The molecule has 1 amide bonds. The number of nitrogens with one attached hydrogen (secondary N) is 2. The second-order valence-electron chi connectivity index (χ2n) is 3.74. The molecule has 16 heavy (non-hydrogen) atoms. The second kappa shape index (κ2) is 5.23. The Morgan fingerprint density at radius 2 is 2.50 bits per heavy atom. The van der Waals surface area contributed by atoms with Crippen molar-refractivity contribution in [3.8, 4) is 0 Å². The molecule has 0 aliphatic carbocycles. The van der Waals surface area contributed by atoms with E-state index < -0.39 is 0 Å². The van der Waals surface area contributed by atoms with E-state index in [9.17, 15) is 4.79 Å². The van der Waals surface area contributed by atoms with Gasteiger partial charge in [0.2, 0.25) is 11.9 Å². The van der Waals surface area contributed by atoms with E-state index in [1.165, 1.54) is 6.20 Å². The number of rotatable bonds is 2. The van der Waals surface area contributed by atoms with Crippen molar-refractivity contribution in [1.29, 1.82) is 0 Å². The number of piperidine rings is 1. The van der Waals surface area contributed by atoms with Crippen LogP contribution >= 0.6 is 11.6 Å². The fourth-order valence-corrected chi connectivity index (χ4v) is 1.82. The van der Waals surface area contributed by atoms with Crippen LogP contribution in [-0.4, -0.2) is 29.0 Å². The summed E-state index contributed by atoms with van der Waals surface area (Å²) in [6, 6.07) is 1.57. The van der Waals surface area contributed by atoms with Gasteiger partial charge in [-0.25, -0.2) is 9.97 Å². The lowest BCUT2D eigenvalue weighted by Gasteiger charge is -2.21. The number of halogens is 1. The summed E-state index contributed by atoms with van der Waals surface area (Å²) in [7, 11) is 0. The molecule has 1 aliphatic rings. The topological polar surface area (TPSA) is 66.9 Å². The highest BCUT2D eigenvalue weighted by molar-refractivity contribution is 6.29. The van der Waals surface area contributed by atoms with E-state index >= 15 is 0 Å². The van der Waals surface area contributed by atoms with Gasteiger partial charge in [0.25, 0.3) is 0 Å². The number of carbonyl (C=O) groups is 1. The van der Waals surface area contributed by atoms with Crippen LogP contribution in [0.5, 0.6) is 0 Å². The summed E-state index contributed by atoms with van der Waals surface area (Å²) in [5.41, 5.74) is 0. The number of carbonyl (C=O) groups excluding carboxylic acids is 1. The van der Waals surface area contributed by atoms with Crippen molar-refractivity contribution in [2.75, 3.05) is 18.4 Å². The van der Waals surface area contributed by atoms with Gasteiger partial charge in [-0.2, -0.15) is 0 Å².